The van der Waals surface area contributed by atoms with Crippen LogP contribution in [0.5, 0.6) is 0 Å². The van der Waals surface area contributed by atoms with E-state index in [1.807, 2.05) is 0 Å². The summed E-state index contributed by atoms with van der Waals surface area (Å²) in [6.45, 7) is 0.0107. The Morgan fingerprint density at radius 3 is 1.45 bits per heavy atom. The van der Waals surface area contributed by atoms with Crippen LogP contribution in [0.25, 0.3) is 86.7 Å². The number of benzene rings is 11. The number of hydrogen-bond acceptors (Lipinski definition) is 2. The summed E-state index contributed by atoms with van der Waals surface area (Å²) in [5.41, 5.74) is 14.0. The molecule has 0 fully saturated rings. The molecule has 3 aliphatic heterocycles. The van der Waals surface area contributed by atoms with E-state index in [9.17, 15) is 0 Å². The van der Waals surface area contributed by atoms with Gasteiger partial charge in [0.25, 0.3) is 6.71 Å². The van der Waals surface area contributed by atoms with E-state index in [1.165, 1.54) is 120 Å². The molecule has 0 atom stereocenters. The summed E-state index contributed by atoms with van der Waals surface area (Å²) >= 11 is 0. The normalized spacial score (nSPS) is 13.6. The van der Waals surface area contributed by atoms with Crippen molar-refractivity contribution in [3.05, 3.63) is 188 Å². The topological polar surface area (TPSA) is 16.4 Å². The van der Waals surface area contributed by atoms with Crippen molar-refractivity contribution in [2.45, 2.75) is 0 Å². The van der Waals surface area contributed by atoms with Gasteiger partial charge in [-0.25, -0.2) is 0 Å². The van der Waals surface area contributed by atoms with Gasteiger partial charge in [-0.05, 0) is 104 Å². The van der Waals surface area contributed by atoms with Crippen LogP contribution < -0.4 is 37.7 Å². The molecule has 15 rings (SSSR count). The zero-order chi connectivity index (χ0) is 38.8. The third-order valence-electron chi connectivity index (χ3n) is 14.3. The fraction of sp³-hybridized carbons (Fsp3) is 0. The maximum absolute atomic E-state index is 7.19. The smallest absolute Gasteiger partial charge is 0.252 e. The highest BCUT2D eigenvalue weighted by Crippen LogP contribution is 2.47. The number of nitrogens with zero attached hydrogens (tertiary/aromatic N) is 1. The summed E-state index contributed by atoms with van der Waals surface area (Å²) in [4.78, 5) is 2.49. The van der Waals surface area contributed by atoms with Crippen LogP contribution in [0, 0.1) is 0 Å². The zero-order valence-corrected chi connectivity index (χ0v) is 32.4. The van der Waals surface area contributed by atoms with Gasteiger partial charge < -0.3 is 4.42 Å². The lowest BCUT2D eigenvalue weighted by Crippen LogP contribution is -2.63. The molecule has 60 heavy (non-hydrogen) atoms. The molecule has 12 aromatic rings. The maximum Gasteiger partial charge on any atom is 0.252 e. The summed E-state index contributed by atoms with van der Waals surface area (Å²) in [7, 11) is 0. The number of rotatable bonds is 1. The monoisotopic (exact) mass is 755 g/mol. The molecule has 0 saturated heterocycles. The van der Waals surface area contributed by atoms with E-state index in [-0.39, 0.29) is 13.4 Å². The second-order valence-corrected chi connectivity index (χ2v) is 16.9. The number of para-hydroxylation sites is 2. The van der Waals surface area contributed by atoms with Gasteiger partial charge in [0.1, 0.15) is 5.58 Å². The molecule has 0 radical (unpaired) electrons. The first-order chi connectivity index (χ1) is 29.8. The third kappa shape index (κ3) is 3.71. The van der Waals surface area contributed by atoms with Gasteiger partial charge in [0, 0.05) is 22.2 Å². The van der Waals surface area contributed by atoms with Gasteiger partial charge in [-0.2, -0.15) is 0 Å². The molecule has 0 amide bonds. The molecule has 4 heterocycles. The second-order valence-electron chi connectivity index (χ2n) is 16.9. The van der Waals surface area contributed by atoms with Crippen molar-refractivity contribution < 1.29 is 4.42 Å². The van der Waals surface area contributed by atoms with Gasteiger partial charge in [0.2, 0.25) is 12.6 Å². The number of furan rings is 1. The number of anilines is 3. The second kappa shape index (κ2) is 11.1. The van der Waals surface area contributed by atoms with Crippen LogP contribution in [-0.2, 0) is 0 Å². The Morgan fingerprint density at radius 1 is 0.333 bits per heavy atom. The molecule has 2 nitrogen and oxygen atoms in total. The van der Waals surface area contributed by atoms with E-state index in [2.05, 4.69) is 193 Å². The SMILES string of the molecule is c1cc2c3c(c1)B(c1cccc4c5ccccc5c5ccccc5c14)c1c(oc4ccccc14)N3c1cccc3c1B2c1ccc2c4ccccc4c4ccccc4c2c1-3. The van der Waals surface area contributed by atoms with Crippen molar-refractivity contribution in [1.29, 1.82) is 0 Å². The van der Waals surface area contributed by atoms with Crippen LogP contribution in [0.15, 0.2) is 192 Å². The first kappa shape index (κ1) is 31.4. The van der Waals surface area contributed by atoms with Gasteiger partial charge >= 0.3 is 0 Å². The van der Waals surface area contributed by atoms with Gasteiger partial charge in [-0.1, -0.05) is 187 Å². The molecule has 4 heteroatoms. The molecule has 1 aromatic heterocycles. The van der Waals surface area contributed by atoms with Crippen molar-refractivity contribution in [3.63, 3.8) is 0 Å². The molecule has 0 unspecified atom stereocenters. The molecule has 0 spiro atoms. The number of hydrogen-bond donors (Lipinski definition) is 0. The highest BCUT2D eigenvalue weighted by atomic mass is 16.4. The summed E-state index contributed by atoms with van der Waals surface area (Å²) < 4.78 is 7.19. The first-order valence-corrected chi connectivity index (χ1v) is 21.1. The highest BCUT2D eigenvalue weighted by molar-refractivity contribution is 7.05. The lowest BCUT2D eigenvalue weighted by Gasteiger charge is -2.40. The van der Waals surface area contributed by atoms with E-state index in [1.54, 1.807) is 0 Å². The average Bonchev–Trinajstić information content (AvgIpc) is 3.87. The lowest BCUT2D eigenvalue weighted by molar-refractivity contribution is 0.623. The van der Waals surface area contributed by atoms with E-state index < -0.39 is 0 Å². The quantitative estimate of drug-likeness (QED) is 0.123. The van der Waals surface area contributed by atoms with Gasteiger partial charge in [-0.3, -0.25) is 4.90 Å². The average molecular weight is 755 g/mol. The Bertz CT molecular complexity index is 3860. The molecule has 272 valence electrons. The standard InChI is InChI=1S/C56H31B2NO/c1-3-16-35-32(14-1)34-17-5-7-20-38(34)50-39(35)23-11-25-44(50)58-47-27-13-26-46-55(47)59(56-54(58)42-22-9-10-29-49(42)60-56)48-28-12-24-43-52-45(57(46)53(43)48)31-30-41-37-19-4-2-15-33(37)36-18-6-8-21-40(36)51(41)52/h1-31H. The molecule has 3 aliphatic rings. The van der Waals surface area contributed by atoms with Crippen LogP contribution >= 0.6 is 0 Å². The van der Waals surface area contributed by atoms with Crippen molar-refractivity contribution in [1.82, 2.24) is 0 Å². The molecule has 0 aliphatic carbocycles. The molecule has 0 saturated carbocycles. The zero-order valence-electron chi connectivity index (χ0n) is 32.4. The maximum atomic E-state index is 7.19. The van der Waals surface area contributed by atoms with E-state index in [0.717, 1.165) is 16.9 Å². The summed E-state index contributed by atoms with van der Waals surface area (Å²) in [5.74, 6) is 0.923. The van der Waals surface area contributed by atoms with E-state index in [4.69, 9.17) is 4.42 Å². The molecular weight excluding hydrogens is 724 g/mol. The van der Waals surface area contributed by atoms with Crippen LogP contribution in [0.1, 0.15) is 0 Å². The summed E-state index contributed by atoms with van der Waals surface area (Å²) in [6.07, 6.45) is 0. The third-order valence-corrected chi connectivity index (χ3v) is 14.3. The molecule has 0 bridgehead atoms. The Hall–Kier alpha value is -7.55. The minimum atomic E-state index is -0.0689. The van der Waals surface area contributed by atoms with E-state index >= 15 is 0 Å². The van der Waals surface area contributed by atoms with Crippen molar-refractivity contribution >= 4 is 139 Å². The van der Waals surface area contributed by atoms with E-state index in [0.29, 0.717) is 0 Å². The van der Waals surface area contributed by atoms with Crippen molar-refractivity contribution in [2.75, 3.05) is 4.90 Å². The van der Waals surface area contributed by atoms with Crippen LogP contribution in [0.3, 0.4) is 0 Å². The molecule has 11 aromatic carbocycles. The number of fused-ring (bicyclic) bond motifs is 22. The first-order valence-electron chi connectivity index (χ1n) is 21.1. The Labute approximate surface area is 346 Å². The minimum Gasteiger partial charge on any atom is -0.440 e. The summed E-state index contributed by atoms with van der Waals surface area (Å²) in [6, 6.07) is 70.4. The fourth-order valence-electron chi connectivity index (χ4n) is 12.1. The van der Waals surface area contributed by atoms with Gasteiger partial charge in [0.15, 0.2) is 0 Å². The Kier molecular flexibility index (Phi) is 5.83. The Balaban J connectivity index is 1.08. The minimum absolute atomic E-state index is 0.0689. The van der Waals surface area contributed by atoms with Crippen molar-refractivity contribution in [3.8, 4) is 11.1 Å². The lowest BCUT2D eigenvalue weighted by atomic mass is 9.31. The summed E-state index contributed by atoms with van der Waals surface area (Å²) in [5, 5.41) is 16.8. The largest absolute Gasteiger partial charge is 0.440 e. The molecular formula is C56H31B2NO. The predicted molar refractivity (Wildman–Crippen MR) is 257 cm³/mol. The van der Waals surface area contributed by atoms with Gasteiger partial charge in [-0.15, -0.1) is 0 Å². The van der Waals surface area contributed by atoms with Crippen LogP contribution in [-0.4, -0.2) is 13.4 Å². The van der Waals surface area contributed by atoms with Crippen molar-refractivity contribution in [2.24, 2.45) is 0 Å². The Morgan fingerprint density at radius 2 is 0.800 bits per heavy atom. The van der Waals surface area contributed by atoms with Crippen LogP contribution in [0.2, 0.25) is 0 Å². The van der Waals surface area contributed by atoms with Gasteiger partial charge in [0.05, 0.1) is 0 Å². The molecule has 0 N–H and O–H groups in total. The highest BCUT2D eigenvalue weighted by Gasteiger charge is 2.49. The van der Waals surface area contributed by atoms with Crippen LogP contribution in [0.4, 0.5) is 17.3 Å². The fourth-order valence-corrected chi connectivity index (χ4v) is 12.1. The predicted octanol–water partition coefficient (Wildman–Crippen LogP) is 10.5.